The first kappa shape index (κ1) is 15.3. The average Bonchev–Trinajstić information content (AvgIpc) is 2.78. The highest BCUT2D eigenvalue weighted by molar-refractivity contribution is 5.66. The normalized spacial score (nSPS) is 10.3. The van der Waals surface area contributed by atoms with Crippen LogP contribution in [0.2, 0.25) is 0 Å². The predicted octanol–water partition coefficient (Wildman–Crippen LogP) is 3.76. The van der Waals surface area contributed by atoms with E-state index >= 15 is 0 Å². The lowest BCUT2D eigenvalue weighted by atomic mass is 10.1. The van der Waals surface area contributed by atoms with Crippen molar-refractivity contribution in [2.45, 2.75) is 20.8 Å². The van der Waals surface area contributed by atoms with Gasteiger partial charge in [-0.05, 0) is 46.5 Å². The van der Waals surface area contributed by atoms with E-state index in [2.05, 4.69) is 73.1 Å². The molecule has 3 rings (SSSR count). The number of aryl methyl sites for hydroxylation is 3. The minimum Gasteiger partial charge on any atom is -0.323 e. The molecule has 0 aliphatic carbocycles. The van der Waals surface area contributed by atoms with Crippen molar-refractivity contribution >= 4 is 5.65 Å². The molecule has 3 heteroatoms. The van der Waals surface area contributed by atoms with Gasteiger partial charge < -0.3 is 9.72 Å². The summed E-state index contributed by atoms with van der Waals surface area (Å²) in [4.78, 5) is 4.72. The molecule has 0 atom stereocenters. The third kappa shape index (κ3) is 3.31. The summed E-state index contributed by atoms with van der Waals surface area (Å²) < 4.78 is 2.16. The lowest BCUT2D eigenvalue weighted by Crippen LogP contribution is -1.89. The second-order valence-corrected chi connectivity index (χ2v) is 5.35. The Balaban J connectivity index is 0.000000497. The van der Waals surface area contributed by atoms with Crippen LogP contribution in [-0.2, 0) is 0 Å². The molecule has 0 amide bonds. The molecule has 0 fully saturated rings. The topological polar surface area (TPSA) is 29.3 Å². The number of benzene rings is 1. The van der Waals surface area contributed by atoms with Gasteiger partial charge in [0.25, 0.3) is 0 Å². The van der Waals surface area contributed by atoms with Crippen LogP contribution in [0.15, 0.2) is 42.6 Å². The Hall–Kier alpha value is -2.13. The molecule has 2 aromatic heterocycles. The quantitative estimate of drug-likeness (QED) is 0.736. The molecule has 0 saturated carbocycles. The highest BCUT2D eigenvalue weighted by atomic mass is 15.0. The van der Waals surface area contributed by atoms with Crippen LogP contribution in [0.5, 0.6) is 0 Å². The van der Waals surface area contributed by atoms with Gasteiger partial charge in [0.1, 0.15) is 5.65 Å². The second-order valence-electron chi connectivity index (χ2n) is 5.35. The fourth-order valence-electron chi connectivity index (χ4n) is 2.25. The van der Waals surface area contributed by atoms with Crippen LogP contribution in [0.25, 0.3) is 16.9 Å². The fraction of sp³-hybridized carbons (Fsp3) is 0.278. The van der Waals surface area contributed by atoms with Crippen molar-refractivity contribution in [2.75, 3.05) is 14.1 Å². The summed E-state index contributed by atoms with van der Waals surface area (Å²) in [6.45, 7) is 6.32. The van der Waals surface area contributed by atoms with Gasteiger partial charge in [0.2, 0.25) is 0 Å². The number of hydrogen-bond acceptors (Lipinski definition) is 2. The molecule has 21 heavy (non-hydrogen) atoms. The molecule has 1 N–H and O–H groups in total. The zero-order valence-electron chi connectivity index (χ0n) is 13.4. The molecule has 0 aliphatic heterocycles. The molecule has 3 nitrogen and oxygen atoms in total. The Labute approximate surface area is 126 Å². The van der Waals surface area contributed by atoms with Crippen LogP contribution in [-0.4, -0.2) is 23.5 Å². The van der Waals surface area contributed by atoms with Crippen LogP contribution in [0.3, 0.4) is 0 Å². The third-order valence-electron chi connectivity index (χ3n) is 3.33. The molecular weight excluding hydrogens is 258 g/mol. The smallest absolute Gasteiger partial charge is 0.137 e. The Morgan fingerprint density at radius 3 is 2.05 bits per heavy atom. The molecule has 0 spiro atoms. The summed E-state index contributed by atoms with van der Waals surface area (Å²) >= 11 is 0. The second kappa shape index (κ2) is 6.55. The van der Waals surface area contributed by atoms with Crippen molar-refractivity contribution in [2.24, 2.45) is 0 Å². The molecule has 2 heterocycles. The molecule has 0 radical (unpaired) electrons. The first-order valence-corrected chi connectivity index (χ1v) is 7.17. The third-order valence-corrected chi connectivity index (χ3v) is 3.33. The van der Waals surface area contributed by atoms with Gasteiger partial charge in [0, 0.05) is 17.5 Å². The predicted molar refractivity (Wildman–Crippen MR) is 89.8 cm³/mol. The van der Waals surface area contributed by atoms with Crippen molar-refractivity contribution in [3.8, 4) is 11.3 Å². The van der Waals surface area contributed by atoms with E-state index in [0.717, 1.165) is 11.3 Å². The standard InChI is InChI=1S/C16H16N2.C2H7N/c1-11-4-7-14(8-5-11)16-13(3)18-10-12(2)6-9-15(18)17-16;1-3-2/h4-10H,1-3H3;3H,1-2H3. The number of nitrogens with zero attached hydrogens (tertiary/aromatic N) is 2. The van der Waals surface area contributed by atoms with Crippen molar-refractivity contribution in [1.82, 2.24) is 14.7 Å². The van der Waals surface area contributed by atoms with Gasteiger partial charge in [-0.3, -0.25) is 0 Å². The summed E-state index contributed by atoms with van der Waals surface area (Å²) in [5.74, 6) is 0. The molecule has 110 valence electrons. The highest BCUT2D eigenvalue weighted by Crippen LogP contribution is 2.24. The van der Waals surface area contributed by atoms with Gasteiger partial charge in [-0.1, -0.05) is 35.9 Å². The van der Waals surface area contributed by atoms with Gasteiger partial charge >= 0.3 is 0 Å². The number of hydrogen-bond donors (Lipinski definition) is 1. The number of fused-ring (bicyclic) bond motifs is 1. The van der Waals surface area contributed by atoms with Crippen molar-refractivity contribution < 1.29 is 0 Å². The minimum absolute atomic E-state index is 1.01. The molecular formula is C18H23N3. The first-order chi connectivity index (χ1) is 10.1. The molecule has 1 aromatic carbocycles. The van der Waals surface area contributed by atoms with E-state index in [-0.39, 0.29) is 0 Å². The summed E-state index contributed by atoms with van der Waals surface area (Å²) in [5.41, 5.74) is 6.97. The van der Waals surface area contributed by atoms with Crippen LogP contribution < -0.4 is 5.32 Å². The molecule has 0 aliphatic rings. The summed E-state index contributed by atoms with van der Waals surface area (Å²) in [6, 6.07) is 12.7. The van der Waals surface area contributed by atoms with Crippen LogP contribution in [0, 0.1) is 20.8 Å². The first-order valence-electron chi connectivity index (χ1n) is 7.17. The van der Waals surface area contributed by atoms with E-state index in [1.165, 1.54) is 22.4 Å². The van der Waals surface area contributed by atoms with E-state index < -0.39 is 0 Å². The van der Waals surface area contributed by atoms with Gasteiger partial charge in [0.15, 0.2) is 0 Å². The maximum absolute atomic E-state index is 4.72. The minimum atomic E-state index is 1.01. The molecule has 0 unspecified atom stereocenters. The van der Waals surface area contributed by atoms with Crippen LogP contribution in [0.4, 0.5) is 0 Å². The number of pyridine rings is 1. The highest BCUT2D eigenvalue weighted by Gasteiger charge is 2.09. The Morgan fingerprint density at radius 1 is 0.857 bits per heavy atom. The number of imidazole rings is 1. The van der Waals surface area contributed by atoms with Crippen molar-refractivity contribution in [3.05, 3.63) is 59.4 Å². The number of rotatable bonds is 1. The monoisotopic (exact) mass is 281 g/mol. The Bertz CT molecular complexity index is 724. The maximum Gasteiger partial charge on any atom is 0.137 e. The summed E-state index contributed by atoms with van der Waals surface area (Å²) in [5, 5.41) is 2.75. The number of aromatic nitrogens is 2. The van der Waals surface area contributed by atoms with Gasteiger partial charge in [-0.15, -0.1) is 0 Å². The Morgan fingerprint density at radius 2 is 1.43 bits per heavy atom. The molecule has 0 saturated heterocycles. The zero-order chi connectivity index (χ0) is 15.4. The average molecular weight is 281 g/mol. The van der Waals surface area contributed by atoms with Crippen LogP contribution in [0.1, 0.15) is 16.8 Å². The van der Waals surface area contributed by atoms with E-state index in [9.17, 15) is 0 Å². The Kier molecular flexibility index (Phi) is 4.76. The van der Waals surface area contributed by atoms with Gasteiger partial charge in [0.05, 0.1) is 5.69 Å². The molecule has 3 aromatic rings. The van der Waals surface area contributed by atoms with Gasteiger partial charge in [-0.2, -0.15) is 0 Å². The largest absolute Gasteiger partial charge is 0.323 e. The van der Waals surface area contributed by atoms with E-state index in [1.54, 1.807) is 0 Å². The van der Waals surface area contributed by atoms with E-state index in [0.29, 0.717) is 0 Å². The van der Waals surface area contributed by atoms with E-state index in [4.69, 9.17) is 4.98 Å². The van der Waals surface area contributed by atoms with Crippen LogP contribution >= 0.6 is 0 Å². The fourth-order valence-corrected chi connectivity index (χ4v) is 2.25. The van der Waals surface area contributed by atoms with E-state index in [1.807, 2.05) is 14.1 Å². The van der Waals surface area contributed by atoms with Crippen molar-refractivity contribution in [3.63, 3.8) is 0 Å². The maximum atomic E-state index is 4.72. The molecule has 0 bridgehead atoms. The summed E-state index contributed by atoms with van der Waals surface area (Å²) in [7, 11) is 3.75. The zero-order valence-corrected chi connectivity index (χ0v) is 13.4. The lowest BCUT2D eigenvalue weighted by molar-refractivity contribution is 1.02. The van der Waals surface area contributed by atoms with Crippen molar-refractivity contribution in [1.29, 1.82) is 0 Å². The van der Waals surface area contributed by atoms with Gasteiger partial charge in [-0.25, -0.2) is 4.98 Å². The SMILES string of the molecule is CNC.Cc1ccc(-c2nc3ccc(C)cn3c2C)cc1. The number of nitrogens with one attached hydrogen (secondary N) is 1. The summed E-state index contributed by atoms with van der Waals surface area (Å²) in [6.07, 6.45) is 2.13. The lowest BCUT2D eigenvalue weighted by Gasteiger charge is -2.00.